The summed E-state index contributed by atoms with van der Waals surface area (Å²) in [5, 5.41) is 11.4. The van der Waals surface area contributed by atoms with Crippen LogP contribution in [0.3, 0.4) is 0 Å². The molecule has 0 bridgehead atoms. The summed E-state index contributed by atoms with van der Waals surface area (Å²) in [6.45, 7) is 3.14. The molecule has 4 nitrogen and oxygen atoms in total. The van der Waals surface area contributed by atoms with E-state index in [-0.39, 0.29) is 0 Å². The van der Waals surface area contributed by atoms with Gasteiger partial charge in [0.2, 0.25) is 0 Å². The highest BCUT2D eigenvalue weighted by atomic mass is 15.4. The Morgan fingerprint density at radius 2 is 2.46 bits per heavy atom. The van der Waals surface area contributed by atoms with E-state index in [9.17, 15) is 0 Å². The third-order valence-electron chi connectivity index (χ3n) is 2.59. The van der Waals surface area contributed by atoms with Crippen LogP contribution in [-0.2, 0) is 7.05 Å². The van der Waals surface area contributed by atoms with Gasteiger partial charge in [0.05, 0.1) is 17.9 Å². The second-order valence-electron chi connectivity index (χ2n) is 3.66. The van der Waals surface area contributed by atoms with Crippen molar-refractivity contribution in [1.82, 2.24) is 20.3 Å². The Hall–Kier alpha value is -0.900. The molecule has 1 saturated carbocycles. The number of hydrogen-bond acceptors (Lipinski definition) is 3. The lowest BCUT2D eigenvalue weighted by atomic mass is 10.1. The highest BCUT2D eigenvalue weighted by molar-refractivity contribution is 5.07. The predicted octanol–water partition coefficient (Wildman–Crippen LogP) is 0.876. The molecule has 1 aliphatic carbocycles. The third kappa shape index (κ3) is 1.72. The van der Waals surface area contributed by atoms with Crippen molar-refractivity contribution in [3.8, 4) is 0 Å². The molecule has 1 fully saturated rings. The van der Waals surface area contributed by atoms with E-state index < -0.39 is 0 Å². The largest absolute Gasteiger partial charge is 0.309 e. The molecular weight excluding hydrogens is 164 g/mol. The average molecular weight is 180 g/mol. The summed E-state index contributed by atoms with van der Waals surface area (Å²) in [6.07, 6.45) is 4.54. The Labute approximate surface area is 78.3 Å². The number of aryl methyl sites for hydroxylation is 1. The second-order valence-corrected chi connectivity index (χ2v) is 3.66. The minimum atomic E-state index is 0.463. The Bertz CT molecular complexity index is 277. The van der Waals surface area contributed by atoms with Crippen LogP contribution in [0.1, 0.15) is 31.5 Å². The van der Waals surface area contributed by atoms with E-state index in [1.807, 2.05) is 17.9 Å². The minimum absolute atomic E-state index is 0.463. The lowest BCUT2D eigenvalue weighted by molar-refractivity contribution is 0.462. The smallest absolute Gasteiger partial charge is 0.0756 e. The molecule has 0 amide bonds. The molecule has 4 heteroatoms. The third-order valence-corrected chi connectivity index (χ3v) is 2.59. The van der Waals surface area contributed by atoms with E-state index in [1.54, 1.807) is 0 Å². The molecule has 0 aromatic carbocycles. The van der Waals surface area contributed by atoms with Crippen LogP contribution < -0.4 is 5.32 Å². The molecule has 0 saturated heterocycles. The van der Waals surface area contributed by atoms with Gasteiger partial charge in [0, 0.05) is 7.05 Å². The van der Waals surface area contributed by atoms with Crippen LogP contribution in [0.4, 0.5) is 0 Å². The van der Waals surface area contributed by atoms with Gasteiger partial charge >= 0.3 is 0 Å². The molecule has 1 atom stereocenters. The summed E-state index contributed by atoms with van der Waals surface area (Å²) in [5.74, 6) is 0.803. The SMILES string of the molecule is CCNC(c1cnnn1C)C1CC1. The van der Waals surface area contributed by atoms with Crippen LogP contribution in [0.25, 0.3) is 0 Å². The summed E-state index contributed by atoms with van der Waals surface area (Å²) in [7, 11) is 1.95. The summed E-state index contributed by atoms with van der Waals surface area (Å²) in [5.41, 5.74) is 1.21. The first-order chi connectivity index (χ1) is 6.33. The standard InChI is InChI=1S/C9H16N4/c1-3-10-9(7-4-5-7)8-6-11-12-13(8)2/h6-7,9-10H,3-5H2,1-2H3. The Balaban J connectivity index is 2.14. The van der Waals surface area contributed by atoms with Crippen molar-refractivity contribution in [1.29, 1.82) is 0 Å². The van der Waals surface area contributed by atoms with Gasteiger partial charge in [0.25, 0.3) is 0 Å². The molecule has 72 valence electrons. The van der Waals surface area contributed by atoms with E-state index in [1.165, 1.54) is 18.5 Å². The Kier molecular flexibility index (Phi) is 2.31. The molecule has 1 aliphatic rings. The van der Waals surface area contributed by atoms with Gasteiger partial charge in [0.15, 0.2) is 0 Å². The second kappa shape index (κ2) is 3.46. The maximum Gasteiger partial charge on any atom is 0.0756 e. The maximum absolute atomic E-state index is 3.96. The predicted molar refractivity (Wildman–Crippen MR) is 50.1 cm³/mol. The fraction of sp³-hybridized carbons (Fsp3) is 0.778. The van der Waals surface area contributed by atoms with Gasteiger partial charge in [-0.1, -0.05) is 12.1 Å². The number of aromatic nitrogens is 3. The molecule has 0 spiro atoms. The molecule has 1 aromatic heterocycles. The van der Waals surface area contributed by atoms with Gasteiger partial charge in [-0.05, 0) is 25.3 Å². The van der Waals surface area contributed by atoms with E-state index in [0.717, 1.165) is 12.5 Å². The monoisotopic (exact) mass is 180 g/mol. The van der Waals surface area contributed by atoms with Crippen molar-refractivity contribution >= 4 is 0 Å². The molecule has 0 aliphatic heterocycles. The molecule has 1 N–H and O–H groups in total. The minimum Gasteiger partial charge on any atom is -0.309 e. The number of hydrogen-bond donors (Lipinski definition) is 1. The summed E-state index contributed by atoms with van der Waals surface area (Å²) in [6, 6.07) is 0.463. The van der Waals surface area contributed by atoms with Crippen LogP contribution in [0.15, 0.2) is 6.20 Å². The highest BCUT2D eigenvalue weighted by Gasteiger charge is 2.33. The van der Waals surface area contributed by atoms with E-state index in [4.69, 9.17) is 0 Å². The zero-order valence-corrected chi connectivity index (χ0v) is 8.20. The van der Waals surface area contributed by atoms with E-state index in [0.29, 0.717) is 6.04 Å². The molecule has 2 rings (SSSR count). The fourth-order valence-corrected chi connectivity index (χ4v) is 1.74. The van der Waals surface area contributed by atoms with Crippen LogP contribution in [0.5, 0.6) is 0 Å². The van der Waals surface area contributed by atoms with E-state index in [2.05, 4.69) is 22.6 Å². The maximum atomic E-state index is 3.96. The average Bonchev–Trinajstić information content (AvgIpc) is 2.86. The summed E-state index contributed by atoms with van der Waals surface area (Å²) in [4.78, 5) is 0. The molecule has 1 heterocycles. The van der Waals surface area contributed by atoms with Gasteiger partial charge in [-0.15, -0.1) is 5.10 Å². The van der Waals surface area contributed by atoms with Crippen LogP contribution in [0, 0.1) is 5.92 Å². The molecule has 0 radical (unpaired) electrons. The zero-order chi connectivity index (χ0) is 9.26. The van der Waals surface area contributed by atoms with Gasteiger partial charge in [-0.3, -0.25) is 4.68 Å². The lowest BCUT2D eigenvalue weighted by Crippen LogP contribution is -2.24. The molecule has 1 unspecified atom stereocenters. The van der Waals surface area contributed by atoms with Crippen molar-refractivity contribution in [2.45, 2.75) is 25.8 Å². The Morgan fingerprint density at radius 3 is 2.92 bits per heavy atom. The quantitative estimate of drug-likeness (QED) is 0.747. The van der Waals surface area contributed by atoms with Crippen molar-refractivity contribution in [2.24, 2.45) is 13.0 Å². The normalized spacial score (nSPS) is 18.9. The van der Waals surface area contributed by atoms with Gasteiger partial charge in [0.1, 0.15) is 0 Å². The van der Waals surface area contributed by atoms with Gasteiger partial charge in [-0.2, -0.15) is 0 Å². The van der Waals surface area contributed by atoms with Crippen molar-refractivity contribution in [3.05, 3.63) is 11.9 Å². The summed E-state index contributed by atoms with van der Waals surface area (Å²) >= 11 is 0. The lowest BCUT2D eigenvalue weighted by Gasteiger charge is -2.16. The first kappa shape index (κ1) is 8.69. The highest BCUT2D eigenvalue weighted by Crippen LogP contribution is 2.40. The van der Waals surface area contributed by atoms with Crippen molar-refractivity contribution in [3.63, 3.8) is 0 Å². The number of nitrogens with zero attached hydrogens (tertiary/aromatic N) is 3. The number of nitrogens with one attached hydrogen (secondary N) is 1. The van der Waals surface area contributed by atoms with Crippen molar-refractivity contribution in [2.75, 3.05) is 6.54 Å². The zero-order valence-electron chi connectivity index (χ0n) is 8.20. The van der Waals surface area contributed by atoms with Crippen LogP contribution in [-0.4, -0.2) is 21.5 Å². The van der Waals surface area contributed by atoms with Gasteiger partial charge in [-0.25, -0.2) is 0 Å². The molecule has 1 aromatic rings. The fourth-order valence-electron chi connectivity index (χ4n) is 1.74. The van der Waals surface area contributed by atoms with E-state index >= 15 is 0 Å². The first-order valence-corrected chi connectivity index (χ1v) is 4.91. The van der Waals surface area contributed by atoms with Crippen molar-refractivity contribution < 1.29 is 0 Å². The topological polar surface area (TPSA) is 42.7 Å². The first-order valence-electron chi connectivity index (χ1n) is 4.91. The number of rotatable bonds is 4. The summed E-state index contributed by atoms with van der Waals surface area (Å²) < 4.78 is 1.87. The van der Waals surface area contributed by atoms with Gasteiger partial charge < -0.3 is 5.32 Å². The Morgan fingerprint density at radius 1 is 1.69 bits per heavy atom. The van der Waals surface area contributed by atoms with Crippen LogP contribution in [0.2, 0.25) is 0 Å². The molecular formula is C9H16N4. The van der Waals surface area contributed by atoms with Crippen LogP contribution >= 0.6 is 0 Å². The molecule has 13 heavy (non-hydrogen) atoms.